The van der Waals surface area contributed by atoms with Crippen molar-refractivity contribution in [2.24, 2.45) is 0 Å². The number of ether oxygens (including phenoxy) is 1. The molecular formula is C25H29N5O3S. The Bertz CT molecular complexity index is 1260. The first-order valence-electron chi connectivity index (χ1n) is 11.3. The molecule has 34 heavy (non-hydrogen) atoms. The molecule has 1 aliphatic rings. The maximum absolute atomic E-state index is 12.9. The van der Waals surface area contributed by atoms with Crippen LogP contribution in [0.2, 0.25) is 0 Å². The summed E-state index contributed by atoms with van der Waals surface area (Å²) in [5.41, 5.74) is 1.71. The van der Waals surface area contributed by atoms with Gasteiger partial charge in [-0.05, 0) is 44.0 Å². The number of hydrogen-bond donors (Lipinski definition) is 2. The van der Waals surface area contributed by atoms with Gasteiger partial charge in [-0.25, -0.2) is 0 Å². The number of terminal acetylenes is 1. The molecule has 1 aromatic carbocycles. The minimum Gasteiger partial charge on any atom is -0.379 e. The first-order valence-corrected chi connectivity index (χ1v) is 12.1. The third-order valence-electron chi connectivity index (χ3n) is 5.47. The van der Waals surface area contributed by atoms with Crippen molar-refractivity contribution in [3.63, 3.8) is 0 Å². The summed E-state index contributed by atoms with van der Waals surface area (Å²) in [5, 5.41) is 15.2. The average molecular weight is 480 g/mol. The lowest BCUT2D eigenvalue weighted by Crippen LogP contribution is -2.36. The molecule has 9 heteroatoms. The largest absolute Gasteiger partial charge is 0.379 e. The number of hydrogen-bond acceptors (Lipinski definition) is 7. The third-order valence-corrected chi connectivity index (χ3v) is 6.60. The molecule has 0 saturated carbocycles. The zero-order chi connectivity index (χ0) is 24.3. The number of carbonyl (C=O) groups excluding carboxylic acids is 1. The van der Waals surface area contributed by atoms with Crippen LogP contribution in [0.5, 0.6) is 0 Å². The number of aryl methyl sites for hydroxylation is 1. The molecule has 3 rings (SSSR count). The normalized spacial score (nSPS) is 15.3. The molecule has 1 aliphatic heterocycles. The van der Waals surface area contributed by atoms with Crippen LogP contribution in [0.3, 0.4) is 0 Å². The van der Waals surface area contributed by atoms with Gasteiger partial charge in [0.1, 0.15) is 15.3 Å². The summed E-state index contributed by atoms with van der Waals surface area (Å²) in [5.74, 6) is 1.71. The molecule has 0 bridgehead atoms. The average Bonchev–Trinajstić information content (AvgIpc) is 3.17. The van der Waals surface area contributed by atoms with Gasteiger partial charge in [0.05, 0.1) is 19.8 Å². The lowest BCUT2D eigenvalue weighted by molar-refractivity contribution is -0.115. The van der Waals surface area contributed by atoms with Gasteiger partial charge in [0, 0.05) is 31.5 Å². The van der Waals surface area contributed by atoms with Gasteiger partial charge in [0.15, 0.2) is 5.57 Å². The number of morpholine rings is 1. The number of amides is 1. The Kier molecular flexibility index (Phi) is 9.48. The molecule has 0 spiro atoms. The highest BCUT2D eigenvalue weighted by atomic mass is 32.1. The summed E-state index contributed by atoms with van der Waals surface area (Å²) in [6.07, 6.45) is 8.84. The van der Waals surface area contributed by atoms with Crippen molar-refractivity contribution in [3.8, 4) is 18.4 Å². The van der Waals surface area contributed by atoms with E-state index in [0.717, 1.165) is 62.7 Å². The van der Waals surface area contributed by atoms with E-state index in [1.54, 1.807) is 13.1 Å². The number of nitrogens with zero attached hydrogens (tertiary/aromatic N) is 3. The van der Waals surface area contributed by atoms with E-state index < -0.39 is 5.91 Å². The maximum atomic E-state index is 12.9. The van der Waals surface area contributed by atoms with Gasteiger partial charge in [-0.2, -0.15) is 5.26 Å². The van der Waals surface area contributed by atoms with E-state index in [1.165, 1.54) is 10.1 Å². The molecule has 0 radical (unpaired) electrons. The van der Waals surface area contributed by atoms with E-state index in [0.29, 0.717) is 15.7 Å². The van der Waals surface area contributed by atoms with Gasteiger partial charge in [0.2, 0.25) is 0 Å². The molecule has 1 fully saturated rings. The van der Waals surface area contributed by atoms with Crippen molar-refractivity contribution in [3.05, 3.63) is 49.4 Å². The molecule has 2 aromatic rings. The molecule has 0 atom stereocenters. The summed E-state index contributed by atoms with van der Waals surface area (Å²) in [6.45, 7) is 6.79. The van der Waals surface area contributed by atoms with E-state index in [4.69, 9.17) is 11.2 Å². The fourth-order valence-corrected chi connectivity index (χ4v) is 4.79. The van der Waals surface area contributed by atoms with Gasteiger partial charge in [-0.1, -0.05) is 18.1 Å². The topological polar surface area (TPSA) is 99.4 Å². The van der Waals surface area contributed by atoms with Crippen LogP contribution in [0.1, 0.15) is 18.9 Å². The Labute approximate surface area is 203 Å². The van der Waals surface area contributed by atoms with Crippen molar-refractivity contribution in [1.29, 1.82) is 5.26 Å². The predicted octanol–water partition coefficient (Wildman–Crippen LogP) is 0.468. The first kappa shape index (κ1) is 25.3. The number of rotatable bonds is 9. The quantitative estimate of drug-likeness (QED) is 0.508. The summed E-state index contributed by atoms with van der Waals surface area (Å²) in [6, 6.07) is 10.0. The van der Waals surface area contributed by atoms with E-state index in [9.17, 15) is 14.9 Å². The molecule has 2 N–H and O–H groups in total. The summed E-state index contributed by atoms with van der Waals surface area (Å²) >= 11 is 1.10. The van der Waals surface area contributed by atoms with Crippen LogP contribution in [0, 0.1) is 23.7 Å². The van der Waals surface area contributed by atoms with Crippen LogP contribution < -0.4 is 25.4 Å². The van der Waals surface area contributed by atoms with Crippen LogP contribution >= 0.6 is 11.3 Å². The first-order chi connectivity index (χ1) is 16.6. The smallest absolute Gasteiger partial charge is 0.270 e. The van der Waals surface area contributed by atoms with E-state index in [-0.39, 0.29) is 17.7 Å². The molecule has 1 saturated heterocycles. The summed E-state index contributed by atoms with van der Waals surface area (Å²) in [4.78, 5) is 27.6. The van der Waals surface area contributed by atoms with Crippen molar-refractivity contribution < 1.29 is 9.53 Å². The van der Waals surface area contributed by atoms with Crippen molar-refractivity contribution in [1.82, 2.24) is 14.8 Å². The van der Waals surface area contributed by atoms with Gasteiger partial charge < -0.3 is 15.4 Å². The lowest BCUT2D eigenvalue weighted by atomic mass is 10.1. The SMILES string of the molecule is C#CCNC(=O)C(C#N)=c1sc(=CNc2cccc(CCCN3CCOCC3)c2)c(=O)n1CC. The second-order valence-corrected chi connectivity index (χ2v) is 8.77. The Morgan fingerprint density at radius 2 is 2.15 bits per heavy atom. The molecule has 8 nitrogen and oxygen atoms in total. The van der Waals surface area contributed by atoms with E-state index in [1.807, 2.05) is 18.2 Å². The van der Waals surface area contributed by atoms with Crippen LogP contribution in [-0.2, 0) is 22.5 Å². The second-order valence-electron chi connectivity index (χ2n) is 7.74. The lowest BCUT2D eigenvalue weighted by Gasteiger charge is -2.26. The molecule has 178 valence electrons. The number of thiazole rings is 1. The highest BCUT2D eigenvalue weighted by Gasteiger charge is 2.14. The predicted molar refractivity (Wildman–Crippen MR) is 134 cm³/mol. The standard InChI is InChI=1S/C25H29N5O3S/c1-3-10-27-23(31)21(17-26)25-30(4-2)24(32)22(34-25)18-28-20-9-5-7-19(16-20)8-6-11-29-12-14-33-15-13-29/h1,5,7,9,16,18,28H,4,6,8,10-15H2,2H3,(H,27,31). The number of benzene rings is 1. The molecule has 0 unspecified atom stereocenters. The number of nitrogens with one attached hydrogen (secondary N) is 2. The van der Waals surface area contributed by atoms with Gasteiger partial charge >= 0.3 is 0 Å². The molecule has 2 heterocycles. The van der Waals surface area contributed by atoms with Gasteiger partial charge in [-0.3, -0.25) is 19.1 Å². The Hall–Kier alpha value is -3.37. The fourth-order valence-electron chi connectivity index (χ4n) is 3.71. The number of anilines is 1. The number of nitriles is 1. The number of aromatic nitrogens is 1. The molecule has 1 aromatic heterocycles. The van der Waals surface area contributed by atoms with E-state index >= 15 is 0 Å². The summed E-state index contributed by atoms with van der Waals surface area (Å²) < 4.78 is 7.54. The van der Waals surface area contributed by atoms with Crippen LogP contribution in [0.15, 0.2) is 29.1 Å². The molecule has 0 aliphatic carbocycles. The minimum absolute atomic E-state index is 0.00900. The van der Waals surface area contributed by atoms with Crippen LogP contribution in [0.4, 0.5) is 5.69 Å². The van der Waals surface area contributed by atoms with Gasteiger partial charge in [0.25, 0.3) is 11.5 Å². The van der Waals surface area contributed by atoms with Crippen molar-refractivity contribution >= 4 is 34.7 Å². The van der Waals surface area contributed by atoms with Gasteiger partial charge in [-0.15, -0.1) is 17.8 Å². The number of carbonyl (C=O) groups is 1. The maximum Gasteiger partial charge on any atom is 0.270 e. The second kappa shape index (κ2) is 12.8. The van der Waals surface area contributed by atoms with Crippen LogP contribution in [-0.4, -0.2) is 54.8 Å². The highest BCUT2D eigenvalue weighted by Crippen LogP contribution is 2.13. The minimum atomic E-state index is -0.590. The third kappa shape index (κ3) is 6.58. The van der Waals surface area contributed by atoms with Crippen molar-refractivity contribution in [2.45, 2.75) is 26.3 Å². The Morgan fingerprint density at radius 3 is 2.85 bits per heavy atom. The van der Waals surface area contributed by atoms with Crippen LogP contribution in [0.25, 0.3) is 11.8 Å². The molecule has 1 amide bonds. The zero-order valence-electron chi connectivity index (χ0n) is 19.3. The van der Waals surface area contributed by atoms with E-state index in [2.05, 4.69) is 33.6 Å². The Balaban J connectivity index is 1.76. The monoisotopic (exact) mass is 479 g/mol. The van der Waals surface area contributed by atoms with Crippen molar-refractivity contribution in [2.75, 3.05) is 44.7 Å². The highest BCUT2D eigenvalue weighted by molar-refractivity contribution is 7.07. The summed E-state index contributed by atoms with van der Waals surface area (Å²) in [7, 11) is 0. The zero-order valence-corrected chi connectivity index (χ0v) is 20.1. The molecular weight excluding hydrogens is 450 g/mol. The fraction of sp³-hybridized carbons (Fsp3) is 0.400. The Morgan fingerprint density at radius 1 is 1.35 bits per heavy atom.